The molecule has 0 fully saturated rings. The molecule has 0 saturated carbocycles. The largest absolute Gasteiger partial charge is 0.383 e. The molecule has 0 aromatic heterocycles. The molecule has 6 aromatic rings. The molecule has 260 valence electrons. The molecule has 2 unspecified atom stereocenters. The molecular formula is C47H48N4Zr. The van der Waals surface area contributed by atoms with Crippen molar-refractivity contribution in [2.45, 2.75) is 7.25 Å². The number of allylic oxidation sites excluding steroid dienone is 2. The van der Waals surface area contributed by atoms with Crippen LogP contribution in [0.25, 0.3) is 12.2 Å². The normalized spacial score (nSPS) is 14.4. The number of benzene rings is 6. The van der Waals surface area contributed by atoms with Gasteiger partial charge in [-0.3, -0.25) is 0 Å². The second-order valence-electron chi connectivity index (χ2n) is 12.7. The number of fused-ring (bicyclic) bond motifs is 2. The second-order valence-corrected chi connectivity index (χ2v) is 18.6. The van der Waals surface area contributed by atoms with Gasteiger partial charge in [-0.1, -0.05) is 72.8 Å². The summed E-state index contributed by atoms with van der Waals surface area (Å²) in [5.41, 5.74) is 10.5. The van der Waals surface area contributed by atoms with Crippen LogP contribution < -0.4 is 21.3 Å². The number of hydrogen-bond donors (Lipinski definition) is 4. The van der Waals surface area contributed by atoms with Gasteiger partial charge in [0, 0.05) is 48.9 Å². The summed E-state index contributed by atoms with van der Waals surface area (Å²) in [6.45, 7) is 3.66. The van der Waals surface area contributed by atoms with Gasteiger partial charge in [0.1, 0.15) is 0 Å². The summed E-state index contributed by atoms with van der Waals surface area (Å²) in [4.78, 5) is 0. The van der Waals surface area contributed by atoms with Crippen LogP contribution >= 0.6 is 0 Å². The van der Waals surface area contributed by atoms with Gasteiger partial charge in [-0.25, -0.2) is 0 Å². The fourth-order valence-corrected chi connectivity index (χ4v) is 12.3. The summed E-state index contributed by atoms with van der Waals surface area (Å²) in [5, 5.41) is 13.4. The van der Waals surface area contributed by atoms with E-state index in [-0.39, 0.29) is 0 Å². The molecule has 0 radical (unpaired) electrons. The Hall–Kier alpha value is -5.25. The van der Waals surface area contributed by atoms with Crippen molar-refractivity contribution in [3.8, 4) is 0 Å². The number of rotatable bonds is 12. The topological polar surface area (TPSA) is 48.1 Å². The Kier molecular flexibility index (Phi) is 14.0. The van der Waals surface area contributed by atoms with E-state index >= 15 is 0 Å². The first-order valence-electron chi connectivity index (χ1n) is 18.1. The summed E-state index contributed by atoms with van der Waals surface area (Å²) < 4.78 is 5.93. The Labute approximate surface area is 317 Å². The van der Waals surface area contributed by atoms with Crippen LogP contribution in [-0.4, -0.2) is 30.4 Å². The van der Waals surface area contributed by atoms with Crippen molar-refractivity contribution in [1.82, 2.24) is 0 Å². The van der Waals surface area contributed by atoms with Crippen molar-refractivity contribution < 1.29 is 21.3 Å². The van der Waals surface area contributed by atoms with Crippen molar-refractivity contribution in [2.75, 3.05) is 47.4 Å². The van der Waals surface area contributed by atoms with Gasteiger partial charge in [-0.2, -0.15) is 0 Å². The monoisotopic (exact) mass is 758 g/mol. The molecule has 2 aliphatic carbocycles. The molecule has 4 N–H and O–H groups in total. The first-order chi connectivity index (χ1) is 25.7. The first kappa shape index (κ1) is 36.5. The van der Waals surface area contributed by atoms with Gasteiger partial charge in [0.2, 0.25) is 0 Å². The number of hydrogen-bond acceptors (Lipinski definition) is 4. The van der Waals surface area contributed by atoms with Crippen LogP contribution in [0.3, 0.4) is 0 Å². The zero-order chi connectivity index (χ0) is 35.6. The summed E-state index contributed by atoms with van der Waals surface area (Å²) in [5.74, 6) is 0. The maximum absolute atomic E-state index is 4.69. The van der Waals surface area contributed by atoms with E-state index in [9.17, 15) is 0 Å². The van der Waals surface area contributed by atoms with Crippen molar-refractivity contribution in [3.63, 3.8) is 0 Å². The maximum atomic E-state index is 4.69. The van der Waals surface area contributed by atoms with Crippen LogP contribution in [0.15, 0.2) is 182 Å². The standard InChI is InChI=1S/2C14H16N2.2C9H7.CH2.Zr/c2*1-3-7-13(8-4-1)15-11-12-16-14-9-5-2-6-10-14;2*1-2-5-9-7-3-6-8(9)4-1;;/h2*1-10,15-16H,11-12H2;2*1-7H;1H2;. The van der Waals surface area contributed by atoms with Crippen LogP contribution in [0.2, 0.25) is 0 Å². The molecule has 8 rings (SSSR count). The predicted molar refractivity (Wildman–Crippen MR) is 223 cm³/mol. The molecule has 0 saturated heterocycles. The van der Waals surface area contributed by atoms with E-state index in [1.807, 2.05) is 72.8 Å². The van der Waals surface area contributed by atoms with Gasteiger partial charge in [0.25, 0.3) is 0 Å². The third kappa shape index (κ3) is 10.9. The van der Waals surface area contributed by atoms with Crippen LogP contribution in [0.4, 0.5) is 22.7 Å². The molecule has 0 aliphatic heterocycles. The molecule has 0 spiro atoms. The maximum Gasteiger partial charge on any atom is 0.0340 e. The average Bonchev–Trinajstić information content (AvgIpc) is 3.85. The van der Waals surface area contributed by atoms with E-state index in [4.69, 9.17) is 4.21 Å². The van der Waals surface area contributed by atoms with Gasteiger partial charge in [-0.15, -0.1) is 0 Å². The zero-order valence-corrected chi connectivity index (χ0v) is 32.1. The van der Waals surface area contributed by atoms with Gasteiger partial charge >= 0.3 is 128 Å². The molecule has 0 amide bonds. The van der Waals surface area contributed by atoms with Crippen LogP contribution in [-0.2, 0) is 21.3 Å². The first-order valence-corrected chi connectivity index (χ1v) is 22.7. The Bertz CT molecular complexity index is 1780. The Balaban J connectivity index is 0.000000135. The van der Waals surface area contributed by atoms with Crippen molar-refractivity contribution in [2.24, 2.45) is 0 Å². The quantitative estimate of drug-likeness (QED) is 0.0939. The fourth-order valence-electron chi connectivity index (χ4n) is 6.39. The van der Waals surface area contributed by atoms with Gasteiger partial charge in [-0.05, 0) is 48.5 Å². The molecule has 0 bridgehead atoms. The smallest absolute Gasteiger partial charge is 0.0340 e. The van der Waals surface area contributed by atoms with E-state index in [1.54, 1.807) is 0 Å². The van der Waals surface area contributed by atoms with Crippen molar-refractivity contribution in [3.05, 3.63) is 204 Å². The van der Waals surface area contributed by atoms with E-state index in [2.05, 4.69) is 143 Å². The molecule has 2 aliphatic rings. The van der Waals surface area contributed by atoms with Gasteiger partial charge in [0.05, 0.1) is 0 Å². The molecule has 0 heterocycles. The predicted octanol–water partition coefficient (Wildman–Crippen LogP) is 11.0. The number of nitrogens with one attached hydrogen (secondary N) is 4. The molecule has 52 heavy (non-hydrogen) atoms. The minimum atomic E-state index is -1.85. The number of anilines is 4. The third-order valence-corrected chi connectivity index (χ3v) is 15.5. The third-order valence-electron chi connectivity index (χ3n) is 9.06. The Morgan fingerprint density at radius 3 is 0.942 bits per heavy atom. The van der Waals surface area contributed by atoms with E-state index < -0.39 is 21.3 Å². The van der Waals surface area contributed by atoms with Gasteiger partial charge < -0.3 is 21.3 Å². The molecule has 4 nitrogen and oxygen atoms in total. The Morgan fingerprint density at radius 2 is 0.635 bits per heavy atom. The minimum absolute atomic E-state index is 0.620. The Morgan fingerprint density at radius 1 is 0.365 bits per heavy atom. The van der Waals surface area contributed by atoms with Crippen LogP contribution in [0, 0.1) is 0 Å². The number of para-hydroxylation sites is 4. The molecule has 6 aromatic carbocycles. The summed E-state index contributed by atoms with van der Waals surface area (Å²) >= 11 is -1.85. The minimum Gasteiger partial charge on any atom is -0.383 e. The summed E-state index contributed by atoms with van der Waals surface area (Å²) in [6, 6.07) is 58.5. The summed E-state index contributed by atoms with van der Waals surface area (Å²) in [7, 11) is 0. The SMILES string of the molecule is [CH2]=[Zr]([CH]1C=Cc2ccccc21)[CH]1C=Cc2ccccc21.c1ccc(NCCNc2ccccc2)cc1.c1ccc(NCCNc2ccccc2)cc1. The van der Waals surface area contributed by atoms with Crippen molar-refractivity contribution >= 4 is 39.1 Å². The molecule has 2 atom stereocenters. The van der Waals surface area contributed by atoms with E-state index in [0.717, 1.165) is 48.9 Å². The summed E-state index contributed by atoms with van der Waals surface area (Å²) in [6.07, 6.45) is 9.38. The van der Waals surface area contributed by atoms with E-state index in [1.165, 1.54) is 22.3 Å². The molecular weight excluding hydrogens is 712 g/mol. The van der Waals surface area contributed by atoms with Crippen LogP contribution in [0.1, 0.15) is 29.5 Å². The molecule has 5 heteroatoms. The van der Waals surface area contributed by atoms with E-state index in [0.29, 0.717) is 7.25 Å². The van der Waals surface area contributed by atoms with Gasteiger partial charge in [0.15, 0.2) is 0 Å². The second kappa shape index (κ2) is 20.0. The average molecular weight is 760 g/mol. The fraction of sp³-hybridized carbons (Fsp3) is 0.128. The van der Waals surface area contributed by atoms with Crippen LogP contribution in [0.5, 0.6) is 0 Å². The zero-order valence-electron chi connectivity index (χ0n) is 29.7. The van der Waals surface area contributed by atoms with Crippen molar-refractivity contribution in [1.29, 1.82) is 0 Å².